The Labute approximate surface area is 227 Å². The Balaban J connectivity index is 1.24. The molecule has 3 aromatic rings. The van der Waals surface area contributed by atoms with Gasteiger partial charge in [-0.1, -0.05) is 0 Å². The van der Waals surface area contributed by atoms with Crippen LogP contribution in [0.25, 0.3) is 11.1 Å². The molecule has 1 atom stereocenters. The second kappa shape index (κ2) is 10.2. The van der Waals surface area contributed by atoms with E-state index in [0.717, 1.165) is 55.3 Å². The van der Waals surface area contributed by atoms with Gasteiger partial charge in [0.1, 0.15) is 11.7 Å². The van der Waals surface area contributed by atoms with Crippen molar-refractivity contribution in [1.82, 2.24) is 20.1 Å². The summed E-state index contributed by atoms with van der Waals surface area (Å²) in [6.45, 7) is 5.79. The second-order valence-corrected chi connectivity index (χ2v) is 11.7. The van der Waals surface area contributed by atoms with Gasteiger partial charge in [-0.3, -0.25) is 14.5 Å². The maximum absolute atomic E-state index is 15.4. The van der Waals surface area contributed by atoms with E-state index < -0.39 is 12.0 Å². The number of aromatic amines is 1. The summed E-state index contributed by atoms with van der Waals surface area (Å²) < 4.78 is 17.0. The van der Waals surface area contributed by atoms with Gasteiger partial charge in [-0.25, -0.2) is 15.1 Å². The lowest BCUT2D eigenvalue weighted by Crippen LogP contribution is -2.50. The number of amides is 2. The molecule has 3 fully saturated rings. The van der Waals surface area contributed by atoms with E-state index in [1.807, 2.05) is 33.0 Å². The van der Waals surface area contributed by atoms with Gasteiger partial charge in [0.25, 0.3) is 17.7 Å². The molecule has 3 aliphatic rings. The molecule has 9 heteroatoms. The van der Waals surface area contributed by atoms with Crippen LogP contribution in [0, 0.1) is 30.6 Å². The minimum atomic E-state index is -0.717. The molecule has 6 rings (SSSR count). The van der Waals surface area contributed by atoms with Crippen molar-refractivity contribution in [2.24, 2.45) is 17.8 Å². The molecule has 39 heavy (non-hydrogen) atoms. The summed E-state index contributed by atoms with van der Waals surface area (Å²) >= 11 is 0. The molecule has 204 valence electrons. The Hall–Kier alpha value is -3.62. The number of rotatable bonds is 10. The normalized spacial score (nSPS) is 17.9. The van der Waals surface area contributed by atoms with E-state index in [-0.39, 0.29) is 29.6 Å². The van der Waals surface area contributed by atoms with E-state index in [1.165, 1.54) is 0 Å². The van der Waals surface area contributed by atoms with E-state index in [2.05, 4.69) is 25.7 Å². The zero-order chi connectivity index (χ0) is 27.3. The minimum absolute atomic E-state index is 0.00980. The quantitative estimate of drug-likeness (QED) is 0.366. The Morgan fingerprint density at radius 1 is 1.05 bits per heavy atom. The fourth-order valence-corrected chi connectivity index (χ4v) is 5.77. The number of aromatic nitrogens is 4. The summed E-state index contributed by atoms with van der Waals surface area (Å²) in [4.78, 5) is 34.2. The predicted molar refractivity (Wildman–Crippen MR) is 144 cm³/mol. The van der Waals surface area contributed by atoms with Crippen molar-refractivity contribution in [2.45, 2.75) is 77.3 Å². The third-order valence-corrected chi connectivity index (χ3v) is 8.28. The van der Waals surface area contributed by atoms with E-state index in [9.17, 15) is 9.59 Å². The van der Waals surface area contributed by atoms with E-state index >= 15 is 4.39 Å². The number of H-pyrrole nitrogens is 1. The van der Waals surface area contributed by atoms with Crippen LogP contribution in [-0.2, 0) is 4.79 Å². The maximum atomic E-state index is 15.4. The highest BCUT2D eigenvalue weighted by atomic mass is 19.1. The van der Waals surface area contributed by atoms with Gasteiger partial charge in [0, 0.05) is 35.8 Å². The SMILES string of the molecule is Cc1ncc(C2CC2)cc1-c1ccc(NC(=O)[C@@H](NC(=O)c2ccnn2C(C)C)C(C2CC2)C2CC2)[nH+]c1F. The van der Waals surface area contributed by atoms with Crippen molar-refractivity contribution >= 4 is 17.6 Å². The average molecular weight is 532 g/mol. The highest BCUT2D eigenvalue weighted by Gasteiger charge is 2.49. The number of carbonyl (C=O) groups excluding carboxylic acids is 2. The number of nitrogens with zero attached hydrogens (tertiary/aromatic N) is 3. The zero-order valence-corrected chi connectivity index (χ0v) is 22.7. The molecule has 0 spiro atoms. The second-order valence-electron chi connectivity index (χ2n) is 11.7. The van der Waals surface area contributed by atoms with Crippen LogP contribution in [-0.4, -0.2) is 32.6 Å². The summed E-state index contributed by atoms with van der Waals surface area (Å²) in [5, 5.41) is 10.2. The Bertz CT molecular complexity index is 1390. The molecular formula is C30H36FN6O2+. The topological polar surface area (TPSA) is 103 Å². The van der Waals surface area contributed by atoms with Crippen molar-refractivity contribution in [3.05, 3.63) is 59.6 Å². The third-order valence-electron chi connectivity index (χ3n) is 8.28. The minimum Gasteiger partial charge on any atom is -0.337 e. The van der Waals surface area contributed by atoms with Gasteiger partial charge in [-0.05, 0) is 107 Å². The van der Waals surface area contributed by atoms with Crippen LogP contribution in [0.1, 0.15) is 86.1 Å². The van der Waals surface area contributed by atoms with Crippen molar-refractivity contribution in [3.8, 4) is 11.1 Å². The number of halogens is 1. The van der Waals surface area contributed by atoms with Crippen LogP contribution in [0.15, 0.2) is 36.7 Å². The Morgan fingerprint density at radius 2 is 1.77 bits per heavy atom. The van der Waals surface area contributed by atoms with Crippen LogP contribution in [0.4, 0.5) is 10.2 Å². The summed E-state index contributed by atoms with van der Waals surface area (Å²) in [5.41, 5.74) is 3.48. The molecule has 0 bridgehead atoms. The fraction of sp³-hybridized carbons (Fsp3) is 0.500. The molecule has 0 saturated heterocycles. The van der Waals surface area contributed by atoms with Crippen molar-refractivity contribution < 1.29 is 19.0 Å². The number of hydrogen-bond donors (Lipinski definition) is 2. The smallest absolute Gasteiger partial charge is 0.330 e. The average Bonchev–Trinajstić information content (AvgIpc) is 3.75. The molecule has 3 aliphatic carbocycles. The molecular weight excluding hydrogens is 495 g/mol. The first-order chi connectivity index (χ1) is 18.8. The summed E-state index contributed by atoms with van der Waals surface area (Å²) in [6, 6.07) is 6.34. The number of anilines is 1. The molecule has 0 unspecified atom stereocenters. The largest absolute Gasteiger partial charge is 0.337 e. The van der Waals surface area contributed by atoms with Crippen LogP contribution >= 0.6 is 0 Å². The van der Waals surface area contributed by atoms with Crippen LogP contribution in [0.2, 0.25) is 0 Å². The lowest BCUT2D eigenvalue weighted by molar-refractivity contribution is -0.404. The first-order valence-corrected chi connectivity index (χ1v) is 14.1. The molecule has 2 amide bonds. The fourth-order valence-electron chi connectivity index (χ4n) is 5.77. The highest BCUT2D eigenvalue weighted by molar-refractivity contribution is 6.00. The number of aryl methyl sites for hydroxylation is 1. The van der Waals surface area contributed by atoms with Gasteiger partial charge in [-0.15, -0.1) is 0 Å². The molecule has 3 saturated carbocycles. The van der Waals surface area contributed by atoms with E-state index in [4.69, 9.17) is 0 Å². The monoisotopic (exact) mass is 531 g/mol. The summed E-state index contributed by atoms with van der Waals surface area (Å²) in [7, 11) is 0. The van der Waals surface area contributed by atoms with Gasteiger partial charge >= 0.3 is 5.91 Å². The van der Waals surface area contributed by atoms with E-state index in [1.54, 1.807) is 29.1 Å². The number of pyridine rings is 2. The maximum Gasteiger partial charge on any atom is 0.330 e. The van der Waals surface area contributed by atoms with Crippen LogP contribution < -0.4 is 15.6 Å². The predicted octanol–water partition coefficient (Wildman–Crippen LogP) is 4.84. The molecule has 3 heterocycles. The van der Waals surface area contributed by atoms with Crippen molar-refractivity contribution in [3.63, 3.8) is 0 Å². The lowest BCUT2D eigenvalue weighted by atomic mass is 9.88. The third kappa shape index (κ3) is 5.44. The molecule has 3 aromatic heterocycles. The first kappa shape index (κ1) is 25.6. The van der Waals surface area contributed by atoms with Gasteiger partial charge in [-0.2, -0.15) is 9.49 Å². The molecule has 8 nitrogen and oxygen atoms in total. The van der Waals surface area contributed by atoms with Gasteiger partial charge in [0.2, 0.25) is 0 Å². The van der Waals surface area contributed by atoms with E-state index in [0.29, 0.717) is 29.0 Å². The van der Waals surface area contributed by atoms with Crippen LogP contribution in [0.3, 0.4) is 0 Å². The molecule has 3 N–H and O–H groups in total. The van der Waals surface area contributed by atoms with Gasteiger partial charge < -0.3 is 5.32 Å². The number of carbonyl (C=O) groups is 2. The lowest BCUT2D eigenvalue weighted by Gasteiger charge is -2.25. The zero-order valence-electron chi connectivity index (χ0n) is 22.7. The number of nitrogens with one attached hydrogen (secondary N) is 3. The van der Waals surface area contributed by atoms with Crippen molar-refractivity contribution in [1.29, 1.82) is 0 Å². The summed E-state index contributed by atoms with van der Waals surface area (Å²) in [5.74, 6) is 0.472. The first-order valence-electron chi connectivity index (χ1n) is 14.1. The number of hydrogen-bond acceptors (Lipinski definition) is 4. The Kier molecular flexibility index (Phi) is 6.69. The van der Waals surface area contributed by atoms with Crippen molar-refractivity contribution in [2.75, 3.05) is 5.32 Å². The van der Waals surface area contributed by atoms with Crippen LogP contribution in [0.5, 0.6) is 0 Å². The molecule has 0 radical (unpaired) electrons. The standard InChI is InChI=1S/C30H35FN6O2/c1-16(2)37-24(12-13-33-37)29(38)36-27(26(19-6-7-19)20-8-9-20)30(39)35-25-11-10-22(28(31)34-25)23-14-21(18-4-5-18)15-32-17(23)3/h10-16,18-20,26-27H,4-9H2,1-3H3,(H,36,38)(H,34,35,39)/p+1/t27-/m0/s1. The molecule has 0 aliphatic heterocycles. The van der Waals surface area contributed by atoms with Gasteiger partial charge in [0.05, 0.1) is 5.56 Å². The highest BCUT2D eigenvalue weighted by Crippen LogP contribution is 2.51. The summed E-state index contributed by atoms with van der Waals surface area (Å²) in [6.07, 6.45) is 10.0. The van der Waals surface area contributed by atoms with Gasteiger partial charge in [0.15, 0.2) is 0 Å². The Morgan fingerprint density at radius 3 is 2.38 bits per heavy atom. The molecule has 0 aromatic carbocycles.